The van der Waals surface area contributed by atoms with E-state index in [1.54, 1.807) is 79.8 Å². The highest BCUT2D eigenvalue weighted by Crippen LogP contribution is 2.36. The standard InChI is InChI=1S/C20H28N2O6.C19H26N2O6.C10H13N3O3S2.C9H11N3O3S2.C6H7NO2/c1-15(23)11-22(19(26)28-20(2,3)4)13-17(24)21(14-18(25)27-5)12-16-9-7-6-8-10-16;1-14(22)10-21(18(26)27-19(2,3)4)12-16(23)20(13-17(24)25)11-15-8-6-5-7-9-15;1-7(14)8(11-2)6-17-18-10-9(13(15)16)4-3-5-12-10;1-6(13)7(10)5-16-17-9-8(12(14)15)3-2-4-11-9;1-2-7-5(8)3-4-6(7)9/h6-10H,11-14H2,1-5H3;5-9H,10-13H2,1-4H3,(H,24,25);3-5,8,11H,6H2,1-2H3;2-4,7H,5,10H2,1H3;3-4H,2H2,1H3. The molecule has 4 aromatic rings. The van der Waals surface area contributed by atoms with Crippen LogP contribution in [-0.2, 0) is 75.2 Å². The van der Waals surface area contributed by atoms with Gasteiger partial charge in [-0.15, -0.1) is 0 Å². The number of aliphatic carboxylic acids is 1. The molecule has 0 aliphatic carbocycles. The predicted molar refractivity (Wildman–Crippen MR) is 372 cm³/mol. The first-order chi connectivity index (χ1) is 46.3. The van der Waals surface area contributed by atoms with Crippen molar-refractivity contribution in [2.24, 2.45) is 5.73 Å². The number of esters is 1. The molecule has 6 amide bonds. The highest BCUT2D eigenvalue weighted by Gasteiger charge is 2.30. The predicted octanol–water partition coefficient (Wildman–Crippen LogP) is 7.43. The average Bonchev–Trinajstić information content (AvgIpc) is 1.84. The van der Waals surface area contributed by atoms with E-state index in [-0.39, 0.29) is 85.1 Å². The van der Waals surface area contributed by atoms with Crippen LogP contribution in [0, 0.1) is 20.2 Å². The summed E-state index contributed by atoms with van der Waals surface area (Å²) in [7, 11) is 7.95. The third kappa shape index (κ3) is 37.4. The van der Waals surface area contributed by atoms with Gasteiger partial charge in [0.15, 0.2) is 10.1 Å². The minimum atomic E-state index is -1.17. The number of carboxylic acids is 1. The number of rotatable bonds is 30. The molecule has 0 spiro atoms. The van der Waals surface area contributed by atoms with Crippen LogP contribution in [0.2, 0.25) is 0 Å². The molecular weight excluding hydrogens is 1370 g/mol. The first kappa shape index (κ1) is 87.9. The molecule has 540 valence electrons. The molecule has 0 bridgehead atoms. The van der Waals surface area contributed by atoms with Crippen LogP contribution in [0.3, 0.4) is 0 Å². The van der Waals surface area contributed by atoms with Crippen LogP contribution in [0.1, 0.15) is 87.3 Å². The number of hydrogen-bond acceptors (Lipinski definition) is 27. The largest absolute Gasteiger partial charge is 0.480 e. The number of likely N-dealkylation sites (N-methyl/N-ethyl adjacent to an activating group) is 2. The number of amides is 6. The fourth-order valence-electron chi connectivity index (χ4n) is 7.30. The van der Waals surface area contributed by atoms with Crippen molar-refractivity contribution in [1.29, 1.82) is 0 Å². The second kappa shape index (κ2) is 45.4. The Kier molecular flexibility index (Phi) is 40.3. The van der Waals surface area contributed by atoms with E-state index in [1.165, 1.54) is 126 Å². The topological polar surface area (TPSA) is 419 Å². The Morgan fingerprint density at radius 3 is 1.30 bits per heavy atom. The number of ketones is 4. The summed E-state index contributed by atoms with van der Waals surface area (Å²) < 4.78 is 15.2. The molecule has 2 aromatic heterocycles. The Morgan fingerprint density at radius 2 is 0.990 bits per heavy atom. The number of carboxylic acid groups (broad SMARTS) is 1. The van der Waals surface area contributed by atoms with Crippen LogP contribution in [0.25, 0.3) is 0 Å². The van der Waals surface area contributed by atoms with E-state index in [4.69, 9.17) is 20.3 Å². The number of imide groups is 1. The Bertz CT molecular complexity index is 3410. The fourth-order valence-corrected chi connectivity index (χ4v) is 11.9. The molecule has 2 aromatic carbocycles. The molecule has 1 aliphatic rings. The second-order valence-corrected chi connectivity index (χ2v) is 27.5. The van der Waals surface area contributed by atoms with Crippen LogP contribution >= 0.6 is 43.2 Å². The maximum Gasteiger partial charge on any atom is 0.411 e. The van der Waals surface area contributed by atoms with Gasteiger partial charge in [-0.2, -0.15) is 0 Å². The van der Waals surface area contributed by atoms with Crippen LogP contribution in [0.4, 0.5) is 21.0 Å². The third-order valence-electron chi connectivity index (χ3n) is 12.0. The van der Waals surface area contributed by atoms with Crippen molar-refractivity contribution in [3.8, 4) is 0 Å². The van der Waals surface area contributed by atoms with Gasteiger partial charge in [0.2, 0.25) is 11.8 Å². The molecule has 0 radical (unpaired) electrons. The lowest BCUT2D eigenvalue weighted by Crippen LogP contribution is -2.47. The lowest BCUT2D eigenvalue weighted by Gasteiger charge is -2.29. The number of ether oxygens (including phenoxy) is 3. The summed E-state index contributed by atoms with van der Waals surface area (Å²) in [5.41, 5.74) is 5.49. The number of carbonyl (C=O) groups excluding carboxylic acids is 11. The van der Waals surface area contributed by atoms with Crippen LogP contribution < -0.4 is 11.1 Å². The van der Waals surface area contributed by atoms with E-state index in [9.17, 15) is 77.8 Å². The molecule has 99 heavy (non-hydrogen) atoms. The molecule has 0 fully saturated rings. The van der Waals surface area contributed by atoms with Crippen LogP contribution in [-0.4, -0.2) is 215 Å². The number of nitrogens with two attached hydrogens (primary N) is 1. The molecule has 1 aliphatic heterocycles. The molecule has 4 N–H and O–H groups in total. The molecule has 0 saturated heterocycles. The number of methoxy groups -OCH3 is 1. The number of pyridine rings is 2. The van der Waals surface area contributed by atoms with Gasteiger partial charge < -0.3 is 40.2 Å². The van der Waals surface area contributed by atoms with Crippen LogP contribution in [0.15, 0.2) is 120 Å². The Balaban J connectivity index is 0.000000643. The number of benzene rings is 2. The van der Waals surface area contributed by atoms with Gasteiger partial charge in [-0.05, 0) is 128 Å². The zero-order chi connectivity index (χ0) is 75.2. The second-order valence-electron chi connectivity index (χ2n) is 22.8. The number of aromatic nitrogens is 2. The summed E-state index contributed by atoms with van der Waals surface area (Å²) in [6, 6.07) is 23.1. The smallest absolute Gasteiger partial charge is 0.411 e. The van der Waals surface area contributed by atoms with Crippen molar-refractivity contribution in [1.82, 2.24) is 39.8 Å². The molecule has 31 nitrogen and oxygen atoms in total. The van der Waals surface area contributed by atoms with E-state index >= 15 is 0 Å². The monoisotopic (exact) mass is 1460 g/mol. The third-order valence-corrected chi connectivity index (χ3v) is 16.6. The van der Waals surface area contributed by atoms with Gasteiger partial charge in [0.25, 0.3) is 11.8 Å². The summed E-state index contributed by atoms with van der Waals surface area (Å²) in [6.07, 6.45) is 3.99. The molecule has 2 unspecified atom stereocenters. The van der Waals surface area contributed by atoms with Crippen molar-refractivity contribution in [3.63, 3.8) is 0 Å². The molecule has 2 atom stereocenters. The van der Waals surface area contributed by atoms with Gasteiger partial charge in [-0.1, -0.05) is 82.3 Å². The average molecular weight is 1460 g/mol. The van der Waals surface area contributed by atoms with E-state index in [0.717, 1.165) is 36.6 Å². The summed E-state index contributed by atoms with van der Waals surface area (Å²) in [5, 5.41) is 34.1. The van der Waals surface area contributed by atoms with Crippen molar-refractivity contribution in [3.05, 3.63) is 141 Å². The maximum absolute atomic E-state index is 12.8. The highest BCUT2D eigenvalue weighted by atomic mass is 33.1. The van der Waals surface area contributed by atoms with Gasteiger partial charge in [-0.25, -0.2) is 19.6 Å². The molecule has 3 heterocycles. The zero-order valence-corrected chi connectivity index (χ0v) is 60.5. The number of carbonyl (C=O) groups is 12. The highest BCUT2D eigenvalue weighted by molar-refractivity contribution is 8.77. The van der Waals surface area contributed by atoms with Crippen molar-refractivity contribution in [2.75, 3.05) is 71.5 Å². The fraction of sp³-hybridized carbons (Fsp3) is 0.438. The quantitative estimate of drug-likeness (QED) is 0.0114. The molecule has 0 saturated carbocycles. The number of hydrogen-bond donors (Lipinski definition) is 3. The number of nitrogens with one attached hydrogen (secondary N) is 1. The van der Waals surface area contributed by atoms with E-state index in [2.05, 4.69) is 20.0 Å². The van der Waals surface area contributed by atoms with Crippen LogP contribution in [0.5, 0.6) is 0 Å². The normalized spacial score (nSPS) is 11.9. The summed E-state index contributed by atoms with van der Waals surface area (Å²) >= 11 is 0. The van der Waals surface area contributed by atoms with Crippen molar-refractivity contribution < 1.29 is 86.7 Å². The Morgan fingerprint density at radius 1 is 0.596 bits per heavy atom. The van der Waals surface area contributed by atoms with Gasteiger partial charge in [-0.3, -0.25) is 82.9 Å². The van der Waals surface area contributed by atoms with E-state index in [0.29, 0.717) is 28.1 Å². The summed E-state index contributed by atoms with van der Waals surface area (Å²) in [4.78, 5) is 173. The zero-order valence-electron chi connectivity index (χ0n) is 57.3. The molecular formula is C64H85N11O20S4. The SMILES string of the molecule is CC(=O)C(N)CSSc1ncccc1[N+](=O)[O-].CC(=O)CN(CC(=O)N(CC(=O)O)Cc1ccccc1)C(=O)OC(C)(C)C.CCN1C(=O)C=CC1=O.CNC(CSSc1ncccc1[N+](=O)[O-])C(C)=O.COC(=O)CN(Cc1ccccc1)C(=O)CN(CC(C)=O)C(=O)OC(C)(C)C. The van der Waals surface area contributed by atoms with E-state index < -0.39 is 82.7 Å². The van der Waals surface area contributed by atoms with Crippen molar-refractivity contribution in [2.45, 2.75) is 123 Å². The first-order valence-electron chi connectivity index (χ1n) is 29.9. The maximum atomic E-state index is 12.8. The summed E-state index contributed by atoms with van der Waals surface area (Å²) in [5.74, 6) is -3.00. The molecule has 5 rings (SSSR count). The van der Waals surface area contributed by atoms with Gasteiger partial charge in [0, 0.05) is 67.8 Å². The number of nitrogens with zero attached hydrogens (tertiary/aromatic N) is 9. The molecule has 35 heteroatoms. The number of nitro groups is 2. The van der Waals surface area contributed by atoms with Crippen molar-refractivity contribution >= 4 is 125 Å². The number of Topliss-reactive ketones (excluding diaryl/α,β-unsaturated/α-hetero) is 4. The first-order valence-corrected chi connectivity index (χ1v) is 34.6. The minimum Gasteiger partial charge on any atom is -0.480 e. The summed E-state index contributed by atoms with van der Waals surface area (Å²) in [6.45, 7) is 15.9. The van der Waals surface area contributed by atoms with Gasteiger partial charge >= 0.3 is 35.5 Å². The van der Waals surface area contributed by atoms with Gasteiger partial charge in [0.05, 0.1) is 42.1 Å². The lowest BCUT2D eigenvalue weighted by molar-refractivity contribution is -0.388. The van der Waals surface area contributed by atoms with Gasteiger partial charge in [0.1, 0.15) is 60.5 Å². The lowest BCUT2D eigenvalue weighted by atomic mass is 10.2. The van der Waals surface area contributed by atoms with E-state index in [1.807, 2.05) is 36.4 Å². The Hall–Kier alpha value is -9.16. The minimum absolute atomic E-state index is 0.0150. The Labute approximate surface area is 589 Å².